The molecule has 2 aromatic rings. The van der Waals surface area contributed by atoms with Gasteiger partial charge in [0, 0.05) is 18.9 Å². The fourth-order valence-electron chi connectivity index (χ4n) is 4.20. The molecule has 0 spiro atoms. The lowest BCUT2D eigenvalue weighted by Gasteiger charge is -2.40. The van der Waals surface area contributed by atoms with Crippen LogP contribution in [-0.4, -0.2) is 29.0 Å². The van der Waals surface area contributed by atoms with Gasteiger partial charge in [0.25, 0.3) is 0 Å². The average molecular weight is 442 g/mol. The molecule has 6 nitrogen and oxygen atoms in total. The monoisotopic (exact) mass is 441 g/mol. The van der Waals surface area contributed by atoms with E-state index < -0.39 is 0 Å². The Bertz CT molecular complexity index is 1130. The molecule has 1 amide bonds. The molecule has 170 valence electrons. The van der Waals surface area contributed by atoms with Crippen LogP contribution < -0.4 is 14.7 Å². The number of rotatable bonds is 6. The highest BCUT2D eigenvalue weighted by molar-refractivity contribution is 6.06. The van der Waals surface area contributed by atoms with Gasteiger partial charge < -0.3 is 9.80 Å². The maximum atomic E-state index is 13.1. The molecule has 1 aromatic heterocycles. The quantitative estimate of drug-likeness (QED) is 0.535. The van der Waals surface area contributed by atoms with Crippen molar-refractivity contribution in [2.45, 2.75) is 39.7 Å². The van der Waals surface area contributed by atoms with Gasteiger partial charge in [0.1, 0.15) is 11.7 Å². The number of aromatic nitrogens is 2. The van der Waals surface area contributed by atoms with E-state index >= 15 is 0 Å². The predicted octanol–water partition coefficient (Wildman–Crippen LogP) is 5.75. The molecule has 0 fully saturated rings. The van der Waals surface area contributed by atoms with Crippen LogP contribution in [0.15, 0.2) is 84.9 Å². The van der Waals surface area contributed by atoms with Crippen molar-refractivity contribution in [1.29, 1.82) is 0 Å². The van der Waals surface area contributed by atoms with Crippen LogP contribution in [0.4, 0.5) is 23.1 Å². The van der Waals surface area contributed by atoms with Crippen molar-refractivity contribution in [3.8, 4) is 0 Å². The highest BCUT2D eigenvalue weighted by Gasteiger charge is 2.38. The van der Waals surface area contributed by atoms with Crippen molar-refractivity contribution in [1.82, 2.24) is 9.97 Å². The van der Waals surface area contributed by atoms with E-state index in [9.17, 15) is 4.79 Å². The molecule has 2 atom stereocenters. The minimum absolute atomic E-state index is 0.0376. The molecule has 4 rings (SSSR count). The standard InChI is InChI=1S/C27H31N5O/c1-6-8-12-20(4)23-17-19(3)15-16-31(23)27-28-18-24-25(29-27)32(21-13-10-9-11-14-21)22(7-2)26(33)30(24)5/h8-19,22H,4,6-7H2,1-3,5H3. The smallest absolute Gasteiger partial charge is 0.250 e. The number of likely N-dealkylation sites (N-methyl/N-ethyl adjacent to an activating group) is 1. The first-order valence-electron chi connectivity index (χ1n) is 11.5. The fourth-order valence-corrected chi connectivity index (χ4v) is 4.20. The maximum absolute atomic E-state index is 13.1. The summed E-state index contributed by atoms with van der Waals surface area (Å²) in [6.07, 6.45) is 13.8. The van der Waals surface area contributed by atoms with Crippen molar-refractivity contribution in [3.63, 3.8) is 0 Å². The average Bonchev–Trinajstić information content (AvgIpc) is 2.84. The number of carbonyl (C=O) groups is 1. The van der Waals surface area contributed by atoms with E-state index in [0.29, 0.717) is 18.1 Å². The molecular weight excluding hydrogens is 410 g/mol. The van der Waals surface area contributed by atoms with Crippen LogP contribution in [0.25, 0.3) is 0 Å². The highest BCUT2D eigenvalue weighted by atomic mass is 16.2. The van der Waals surface area contributed by atoms with Crippen LogP contribution in [0.1, 0.15) is 33.6 Å². The normalized spacial score (nSPS) is 20.3. The molecule has 0 aliphatic carbocycles. The second-order valence-electron chi connectivity index (χ2n) is 8.36. The maximum Gasteiger partial charge on any atom is 0.250 e. The minimum Gasteiger partial charge on any atom is -0.312 e. The summed E-state index contributed by atoms with van der Waals surface area (Å²) in [6, 6.07) is 9.62. The van der Waals surface area contributed by atoms with Crippen LogP contribution in [0.3, 0.4) is 0 Å². The Morgan fingerprint density at radius 2 is 1.97 bits per heavy atom. The van der Waals surface area contributed by atoms with Crippen molar-refractivity contribution in [2.75, 3.05) is 21.7 Å². The number of hydrogen-bond acceptors (Lipinski definition) is 5. The van der Waals surface area contributed by atoms with E-state index in [0.717, 1.165) is 29.2 Å². The van der Waals surface area contributed by atoms with Gasteiger partial charge in [-0.2, -0.15) is 4.98 Å². The molecule has 0 saturated carbocycles. The van der Waals surface area contributed by atoms with E-state index in [1.165, 1.54) is 0 Å². The van der Waals surface area contributed by atoms with Gasteiger partial charge in [-0.15, -0.1) is 0 Å². The largest absolute Gasteiger partial charge is 0.312 e. The number of para-hydroxylation sites is 1. The summed E-state index contributed by atoms with van der Waals surface area (Å²) in [6.45, 7) is 10.5. The first-order valence-corrected chi connectivity index (χ1v) is 11.5. The van der Waals surface area contributed by atoms with Gasteiger partial charge in [0.2, 0.25) is 11.9 Å². The van der Waals surface area contributed by atoms with Gasteiger partial charge >= 0.3 is 0 Å². The third kappa shape index (κ3) is 4.21. The van der Waals surface area contributed by atoms with Gasteiger partial charge in [0.15, 0.2) is 5.82 Å². The van der Waals surface area contributed by atoms with Gasteiger partial charge in [0.05, 0.1) is 11.9 Å². The molecule has 1 aromatic carbocycles. The van der Waals surface area contributed by atoms with Gasteiger partial charge in [-0.3, -0.25) is 9.69 Å². The SMILES string of the molecule is C=C(C=CCC)C1=CC(C)C=CN1c1ncc2c(n1)N(c1ccccc1)C(CC)C(=O)N2C. The van der Waals surface area contributed by atoms with Crippen molar-refractivity contribution in [2.24, 2.45) is 5.92 Å². The molecule has 0 radical (unpaired) electrons. The van der Waals surface area contributed by atoms with Crippen LogP contribution in [0, 0.1) is 5.92 Å². The van der Waals surface area contributed by atoms with Gasteiger partial charge in [-0.05, 0) is 36.5 Å². The lowest BCUT2D eigenvalue weighted by molar-refractivity contribution is -0.119. The first-order chi connectivity index (χ1) is 16.0. The summed E-state index contributed by atoms with van der Waals surface area (Å²) < 4.78 is 0. The van der Waals surface area contributed by atoms with Crippen molar-refractivity contribution < 1.29 is 4.79 Å². The molecule has 33 heavy (non-hydrogen) atoms. The highest BCUT2D eigenvalue weighted by Crippen LogP contribution is 2.41. The summed E-state index contributed by atoms with van der Waals surface area (Å²) in [5, 5.41) is 0. The number of amides is 1. The van der Waals surface area contributed by atoms with E-state index in [1.807, 2.05) is 59.3 Å². The zero-order chi connectivity index (χ0) is 23.5. The van der Waals surface area contributed by atoms with Gasteiger partial charge in [-0.25, -0.2) is 4.98 Å². The van der Waals surface area contributed by atoms with Crippen LogP contribution in [-0.2, 0) is 4.79 Å². The number of anilines is 4. The number of fused-ring (bicyclic) bond motifs is 1. The Kier molecular flexibility index (Phi) is 6.45. The molecular formula is C27H31N5O. The zero-order valence-corrected chi connectivity index (χ0v) is 19.8. The summed E-state index contributed by atoms with van der Waals surface area (Å²) in [4.78, 5) is 28.5. The topological polar surface area (TPSA) is 52.6 Å². The molecule has 0 saturated heterocycles. The Labute approximate surface area is 196 Å². The van der Waals surface area contributed by atoms with E-state index in [-0.39, 0.29) is 17.9 Å². The minimum atomic E-state index is -0.331. The van der Waals surface area contributed by atoms with Crippen LogP contribution in [0.2, 0.25) is 0 Å². The Hall–Kier alpha value is -3.67. The fraction of sp³-hybridized carbons (Fsp3) is 0.296. The molecule has 2 unspecified atom stereocenters. The Morgan fingerprint density at radius 1 is 1.21 bits per heavy atom. The van der Waals surface area contributed by atoms with E-state index in [2.05, 4.69) is 43.6 Å². The number of nitrogens with zero attached hydrogens (tertiary/aromatic N) is 5. The predicted molar refractivity (Wildman–Crippen MR) is 136 cm³/mol. The molecule has 3 heterocycles. The third-order valence-corrected chi connectivity index (χ3v) is 5.99. The van der Waals surface area contributed by atoms with Crippen LogP contribution in [0.5, 0.6) is 0 Å². The summed E-state index contributed by atoms with van der Waals surface area (Å²) in [5.41, 5.74) is 3.51. The Morgan fingerprint density at radius 3 is 2.67 bits per heavy atom. The van der Waals surface area contributed by atoms with Crippen LogP contribution >= 0.6 is 0 Å². The first kappa shape index (κ1) is 22.5. The summed E-state index contributed by atoms with van der Waals surface area (Å²) >= 11 is 0. The molecule has 0 N–H and O–H groups in total. The Balaban J connectivity index is 1.83. The van der Waals surface area contributed by atoms with Crippen molar-refractivity contribution >= 4 is 29.0 Å². The zero-order valence-electron chi connectivity index (χ0n) is 19.8. The molecule has 6 heteroatoms. The van der Waals surface area contributed by atoms with Gasteiger partial charge in [-0.1, -0.05) is 69.9 Å². The second-order valence-corrected chi connectivity index (χ2v) is 8.36. The number of hydrogen-bond donors (Lipinski definition) is 0. The number of carbonyl (C=O) groups excluding carboxylic acids is 1. The summed E-state index contributed by atoms with van der Waals surface area (Å²) in [5.74, 6) is 1.60. The molecule has 2 aliphatic rings. The lowest BCUT2D eigenvalue weighted by atomic mass is 10.0. The molecule has 0 bridgehead atoms. The number of allylic oxidation sites excluding steroid dienone is 4. The molecule has 2 aliphatic heterocycles. The third-order valence-electron chi connectivity index (χ3n) is 5.99. The lowest BCUT2D eigenvalue weighted by Crippen LogP contribution is -2.50. The number of benzene rings is 1. The summed E-state index contributed by atoms with van der Waals surface area (Å²) in [7, 11) is 1.79. The van der Waals surface area contributed by atoms with Crippen molar-refractivity contribution in [3.05, 3.63) is 84.9 Å². The van der Waals surface area contributed by atoms with E-state index in [1.54, 1.807) is 18.1 Å². The second kappa shape index (κ2) is 9.45. The van der Waals surface area contributed by atoms with E-state index in [4.69, 9.17) is 4.98 Å².